The number of anilines is 2. The maximum absolute atomic E-state index is 13.9. The molecule has 3 aromatic carbocycles. The van der Waals surface area contributed by atoms with Crippen LogP contribution in [0, 0.1) is 11.6 Å². The maximum Gasteiger partial charge on any atom is 0.330 e. The second-order valence-corrected chi connectivity index (χ2v) is 11.2. The molecule has 204 valence electrons. The molecule has 0 bridgehead atoms. The Balaban J connectivity index is 1.58. The number of urea groups is 1. The van der Waals surface area contributed by atoms with Crippen molar-refractivity contribution in [1.82, 2.24) is 10.0 Å². The van der Waals surface area contributed by atoms with E-state index in [1.54, 1.807) is 60.7 Å². The van der Waals surface area contributed by atoms with Crippen molar-refractivity contribution in [2.75, 3.05) is 22.8 Å². The number of hydrogen-bond acceptors (Lipinski definition) is 5. The number of nitrogens with zero attached hydrogens (tertiary/aromatic N) is 2. The van der Waals surface area contributed by atoms with E-state index in [2.05, 4.69) is 5.32 Å². The van der Waals surface area contributed by atoms with Crippen LogP contribution >= 0.6 is 11.3 Å². The van der Waals surface area contributed by atoms with E-state index in [9.17, 15) is 26.8 Å². The minimum Gasteiger partial charge on any atom is -0.325 e. The van der Waals surface area contributed by atoms with Crippen LogP contribution in [0.3, 0.4) is 0 Å². The van der Waals surface area contributed by atoms with Gasteiger partial charge in [0.05, 0.1) is 5.69 Å². The van der Waals surface area contributed by atoms with E-state index in [0.29, 0.717) is 17.4 Å². The number of para-hydroxylation sites is 1. The molecule has 4 rings (SSSR count). The molecule has 4 aromatic rings. The number of halogens is 2. The van der Waals surface area contributed by atoms with Gasteiger partial charge in [0.1, 0.15) is 17.7 Å². The average Bonchev–Trinajstić information content (AvgIpc) is 3.35. The van der Waals surface area contributed by atoms with Gasteiger partial charge in [-0.2, -0.15) is 8.42 Å². The maximum atomic E-state index is 13.9. The third-order valence-corrected chi connectivity index (χ3v) is 8.35. The van der Waals surface area contributed by atoms with Crippen LogP contribution in [0.25, 0.3) is 10.1 Å². The minimum atomic E-state index is -4.35. The molecule has 1 atom stereocenters. The topological polar surface area (TPSA) is 98.8 Å². The highest BCUT2D eigenvalue weighted by atomic mass is 32.2. The van der Waals surface area contributed by atoms with Gasteiger partial charge in [0.2, 0.25) is 5.91 Å². The third-order valence-electron chi connectivity index (χ3n) is 5.96. The van der Waals surface area contributed by atoms with Gasteiger partial charge in [-0.25, -0.2) is 18.3 Å². The molecule has 8 nitrogen and oxygen atoms in total. The van der Waals surface area contributed by atoms with Gasteiger partial charge in [0.25, 0.3) is 0 Å². The van der Waals surface area contributed by atoms with E-state index in [4.69, 9.17) is 0 Å². The summed E-state index contributed by atoms with van der Waals surface area (Å²) in [6.45, 7) is 1.64. The van der Waals surface area contributed by atoms with Gasteiger partial charge in [-0.05, 0) is 71.8 Å². The quantitative estimate of drug-likeness (QED) is 0.300. The molecule has 0 aliphatic carbocycles. The first kappa shape index (κ1) is 28.0. The molecule has 0 saturated carbocycles. The molecule has 39 heavy (non-hydrogen) atoms. The van der Waals surface area contributed by atoms with E-state index in [-0.39, 0.29) is 18.5 Å². The Hall–Kier alpha value is -4.03. The Morgan fingerprint density at radius 3 is 2.31 bits per heavy atom. The molecule has 0 radical (unpaired) electrons. The molecule has 1 heterocycles. The average molecular weight is 573 g/mol. The minimum absolute atomic E-state index is 0.0331. The standard InChI is InChI=1S/C27H26F2N4O4S2/c1-3-33(22-7-5-4-6-8-22)39(36,37)31-27(35)30-24(15-18-13-20(28)17-21(29)14-18)26(34)32(2)23-9-10-25-19(16-23)11-12-38-25/h4-14,16-17,24H,3,15H2,1-2H3,(H2,30,31,35)/t24-/m0/s1. The molecule has 0 aliphatic heterocycles. The summed E-state index contributed by atoms with van der Waals surface area (Å²) in [6, 6.07) is 15.7. The lowest BCUT2D eigenvalue weighted by Gasteiger charge is -2.26. The van der Waals surface area contributed by atoms with E-state index >= 15 is 0 Å². The first-order valence-electron chi connectivity index (χ1n) is 11.9. The largest absolute Gasteiger partial charge is 0.330 e. The molecule has 2 N–H and O–H groups in total. The predicted molar refractivity (Wildman–Crippen MR) is 149 cm³/mol. The van der Waals surface area contributed by atoms with Crippen LogP contribution < -0.4 is 19.2 Å². The molecule has 3 amide bonds. The zero-order valence-electron chi connectivity index (χ0n) is 21.1. The summed E-state index contributed by atoms with van der Waals surface area (Å²) < 4.78 is 57.7. The van der Waals surface area contributed by atoms with Crippen molar-refractivity contribution >= 4 is 54.9 Å². The van der Waals surface area contributed by atoms with E-state index < -0.39 is 39.8 Å². The molecule has 0 fully saturated rings. The number of carbonyl (C=O) groups is 2. The number of amides is 3. The Morgan fingerprint density at radius 2 is 1.64 bits per heavy atom. The number of fused-ring (bicyclic) bond motifs is 1. The van der Waals surface area contributed by atoms with Gasteiger partial charge in [0.15, 0.2) is 0 Å². The van der Waals surface area contributed by atoms with Crippen LogP contribution in [0.15, 0.2) is 78.2 Å². The number of likely N-dealkylation sites (N-methyl/N-ethyl adjacent to an activating group) is 1. The van der Waals surface area contributed by atoms with Crippen molar-refractivity contribution in [3.63, 3.8) is 0 Å². The Labute approximate surface area is 229 Å². The summed E-state index contributed by atoms with van der Waals surface area (Å²) in [5.41, 5.74) is 0.972. The zero-order valence-corrected chi connectivity index (χ0v) is 22.7. The molecule has 0 spiro atoms. The van der Waals surface area contributed by atoms with Crippen LogP contribution in [-0.4, -0.2) is 40.0 Å². The van der Waals surface area contributed by atoms with Crippen LogP contribution in [0.1, 0.15) is 12.5 Å². The summed E-state index contributed by atoms with van der Waals surface area (Å²) in [6.07, 6.45) is -0.289. The summed E-state index contributed by atoms with van der Waals surface area (Å²) in [7, 11) is -2.85. The van der Waals surface area contributed by atoms with Crippen molar-refractivity contribution < 1.29 is 26.8 Å². The highest BCUT2D eigenvalue weighted by Gasteiger charge is 2.29. The molecule has 1 aromatic heterocycles. The first-order valence-corrected chi connectivity index (χ1v) is 14.2. The van der Waals surface area contributed by atoms with Crippen molar-refractivity contribution in [3.05, 3.63) is 95.4 Å². The number of rotatable bonds is 9. The lowest BCUT2D eigenvalue weighted by molar-refractivity contribution is -0.120. The van der Waals surface area contributed by atoms with Crippen molar-refractivity contribution in [3.8, 4) is 0 Å². The first-order chi connectivity index (χ1) is 18.6. The van der Waals surface area contributed by atoms with E-state index in [1.165, 1.54) is 11.9 Å². The van der Waals surface area contributed by atoms with Crippen molar-refractivity contribution in [2.24, 2.45) is 0 Å². The number of hydrogen-bond donors (Lipinski definition) is 2. The molecule has 12 heteroatoms. The number of carbonyl (C=O) groups excluding carboxylic acids is 2. The monoisotopic (exact) mass is 572 g/mol. The van der Waals surface area contributed by atoms with Crippen molar-refractivity contribution in [1.29, 1.82) is 0 Å². The highest BCUT2D eigenvalue weighted by molar-refractivity contribution is 7.91. The van der Waals surface area contributed by atoms with E-state index in [1.807, 2.05) is 22.2 Å². The van der Waals surface area contributed by atoms with E-state index in [0.717, 1.165) is 26.5 Å². The molecular formula is C27H26F2N4O4S2. The Morgan fingerprint density at radius 1 is 0.949 bits per heavy atom. The molecule has 0 saturated heterocycles. The Bertz CT molecular complexity index is 1580. The van der Waals surface area contributed by atoms with Gasteiger partial charge in [-0.3, -0.25) is 9.10 Å². The lowest BCUT2D eigenvalue weighted by Crippen LogP contribution is -2.54. The SMILES string of the molecule is CCN(c1ccccc1)S(=O)(=O)NC(=O)N[C@@H](Cc1cc(F)cc(F)c1)C(=O)N(C)c1ccc2sccc2c1. The highest BCUT2D eigenvalue weighted by Crippen LogP contribution is 2.26. The van der Waals surface area contributed by atoms with Crippen LogP contribution in [0.4, 0.5) is 25.0 Å². The lowest BCUT2D eigenvalue weighted by atomic mass is 10.0. The zero-order chi connectivity index (χ0) is 28.2. The Kier molecular flexibility index (Phi) is 8.46. The fraction of sp³-hybridized carbons (Fsp3) is 0.185. The van der Waals surface area contributed by atoms with Crippen molar-refractivity contribution in [2.45, 2.75) is 19.4 Å². The summed E-state index contributed by atoms with van der Waals surface area (Å²) in [5.74, 6) is -2.31. The molecule has 0 aliphatic rings. The van der Waals surface area contributed by atoms with Gasteiger partial charge < -0.3 is 10.2 Å². The van der Waals surface area contributed by atoms with Gasteiger partial charge in [0, 0.05) is 36.5 Å². The number of benzene rings is 3. The smallest absolute Gasteiger partial charge is 0.325 e. The fourth-order valence-electron chi connectivity index (χ4n) is 4.13. The fourth-order valence-corrected chi connectivity index (χ4v) is 6.05. The normalized spacial score (nSPS) is 12.1. The summed E-state index contributed by atoms with van der Waals surface area (Å²) in [4.78, 5) is 27.7. The van der Waals surface area contributed by atoms with Gasteiger partial charge in [-0.15, -0.1) is 11.3 Å². The predicted octanol–water partition coefficient (Wildman–Crippen LogP) is 4.82. The van der Waals surface area contributed by atoms with Crippen LogP contribution in [0.2, 0.25) is 0 Å². The van der Waals surface area contributed by atoms with Crippen LogP contribution in [-0.2, 0) is 21.4 Å². The third kappa shape index (κ3) is 6.70. The summed E-state index contributed by atoms with van der Waals surface area (Å²) >= 11 is 1.54. The summed E-state index contributed by atoms with van der Waals surface area (Å²) in [5, 5.41) is 5.21. The van der Waals surface area contributed by atoms with Gasteiger partial charge >= 0.3 is 16.2 Å². The number of thiophene rings is 1. The second-order valence-electron chi connectivity index (χ2n) is 8.66. The molecular weight excluding hydrogens is 546 g/mol. The van der Waals surface area contributed by atoms with Crippen LogP contribution in [0.5, 0.6) is 0 Å². The second kappa shape index (κ2) is 11.8. The number of nitrogens with one attached hydrogen (secondary N) is 2. The van der Waals surface area contributed by atoms with Gasteiger partial charge in [-0.1, -0.05) is 18.2 Å². The molecule has 0 unspecified atom stereocenters.